The maximum atomic E-state index is 13.4. The number of hydrogen-bond acceptors (Lipinski definition) is 12. The highest BCUT2D eigenvalue weighted by Crippen LogP contribution is 2.67. The summed E-state index contributed by atoms with van der Waals surface area (Å²) in [7, 11) is -3.88. The highest BCUT2D eigenvalue weighted by Gasteiger charge is 2.70. The molecule has 0 amide bonds. The Balaban J connectivity index is 1.67. The van der Waals surface area contributed by atoms with E-state index in [1.165, 1.54) is 26.1 Å². The molecule has 0 aromatic carbocycles. The second-order valence-electron chi connectivity index (χ2n) is 12.6. The zero-order chi connectivity index (χ0) is 31.5. The molecule has 0 spiro atoms. The SMILES string of the molecule is CC(=O)O[C@H]1CC[C@@]2(C)C(C[C@H](OC(C)=O)[C@@]3(C)Oc4cc(-c5cccnc5)oc(=O)c4[C@H](O)C23)C1(C)COS(C)(=O)=O. The summed E-state index contributed by atoms with van der Waals surface area (Å²) in [6.07, 6.45) is 1.93. The van der Waals surface area contributed by atoms with Gasteiger partial charge in [0, 0.05) is 49.2 Å². The average molecular weight is 620 g/mol. The minimum atomic E-state index is -3.88. The van der Waals surface area contributed by atoms with Crippen molar-refractivity contribution in [3.05, 3.63) is 46.6 Å². The van der Waals surface area contributed by atoms with Crippen LogP contribution in [-0.4, -0.2) is 61.1 Å². The molecule has 0 saturated heterocycles. The lowest BCUT2D eigenvalue weighted by Gasteiger charge is -2.66. The topological polar surface area (TPSA) is 169 Å². The summed E-state index contributed by atoms with van der Waals surface area (Å²) in [5.41, 5.74) is -3.53. The number of rotatable bonds is 6. The summed E-state index contributed by atoms with van der Waals surface area (Å²) < 4.78 is 53.4. The fraction of sp³-hybridized carbons (Fsp3) is 0.600. The van der Waals surface area contributed by atoms with E-state index >= 15 is 0 Å². The van der Waals surface area contributed by atoms with Crippen molar-refractivity contribution in [2.24, 2.45) is 22.7 Å². The molecule has 5 rings (SSSR count). The number of ether oxygens (including phenoxy) is 3. The van der Waals surface area contributed by atoms with Crippen LogP contribution in [0, 0.1) is 22.7 Å². The number of aliphatic hydroxyl groups is 1. The molecule has 2 fully saturated rings. The molecule has 3 heterocycles. The van der Waals surface area contributed by atoms with Gasteiger partial charge in [-0.15, -0.1) is 0 Å². The molecule has 0 radical (unpaired) electrons. The third-order valence-electron chi connectivity index (χ3n) is 9.73. The van der Waals surface area contributed by atoms with Crippen LogP contribution in [0.3, 0.4) is 0 Å². The molecule has 234 valence electrons. The van der Waals surface area contributed by atoms with Gasteiger partial charge in [-0.2, -0.15) is 8.42 Å². The number of carbonyl (C=O) groups excluding carboxylic acids is 2. The summed E-state index contributed by atoms with van der Waals surface area (Å²) in [5.74, 6) is -2.14. The van der Waals surface area contributed by atoms with E-state index in [9.17, 15) is 27.9 Å². The first kappa shape index (κ1) is 31.1. The lowest BCUT2D eigenvalue weighted by Crippen LogP contribution is -2.71. The molecule has 3 aliphatic rings. The first-order chi connectivity index (χ1) is 20.0. The standard InChI is InChI=1S/C30H37NO11S/c1-16(32)39-22-9-10-28(3)21(29(22,4)15-38-43(6,36)37)13-23(40-17(2)33)30(5)26(28)25(34)24-20(42-30)12-19(41-27(24)35)18-8-7-11-31-14-18/h7-8,11-12,14,21-23,25-26,34H,9-10,13,15H2,1-6H3/t21?,22-,23-,25-,26?,28-,29?,30+/m0/s1. The van der Waals surface area contributed by atoms with Crippen molar-refractivity contribution in [1.82, 2.24) is 4.98 Å². The molecule has 2 aromatic heterocycles. The van der Waals surface area contributed by atoms with Gasteiger partial charge in [0.15, 0.2) is 0 Å². The fourth-order valence-corrected chi connectivity index (χ4v) is 8.48. The highest BCUT2D eigenvalue weighted by molar-refractivity contribution is 7.85. The van der Waals surface area contributed by atoms with Crippen molar-refractivity contribution in [1.29, 1.82) is 0 Å². The largest absolute Gasteiger partial charge is 0.482 e. The Labute approximate surface area is 249 Å². The van der Waals surface area contributed by atoms with Gasteiger partial charge in [0.1, 0.15) is 34.9 Å². The van der Waals surface area contributed by atoms with Crippen LogP contribution < -0.4 is 10.4 Å². The summed E-state index contributed by atoms with van der Waals surface area (Å²) in [5, 5.41) is 12.1. The number of carbonyl (C=O) groups is 2. The molecular weight excluding hydrogens is 582 g/mol. The Bertz CT molecular complexity index is 1590. The van der Waals surface area contributed by atoms with E-state index in [0.717, 1.165) is 6.26 Å². The van der Waals surface area contributed by atoms with Gasteiger partial charge in [-0.3, -0.25) is 18.8 Å². The van der Waals surface area contributed by atoms with Crippen molar-refractivity contribution < 1.29 is 45.9 Å². The minimum Gasteiger partial charge on any atom is -0.482 e. The number of pyridine rings is 1. The van der Waals surface area contributed by atoms with Crippen LogP contribution in [-0.2, 0) is 33.4 Å². The van der Waals surface area contributed by atoms with Gasteiger partial charge >= 0.3 is 17.6 Å². The maximum Gasteiger partial charge on any atom is 0.345 e. The first-order valence-electron chi connectivity index (χ1n) is 14.1. The van der Waals surface area contributed by atoms with Crippen LogP contribution in [0.25, 0.3) is 11.3 Å². The third kappa shape index (κ3) is 5.35. The minimum absolute atomic E-state index is 0.0604. The summed E-state index contributed by atoms with van der Waals surface area (Å²) >= 11 is 0. The third-order valence-corrected chi connectivity index (χ3v) is 10.3. The van der Waals surface area contributed by atoms with E-state index in [-0.39, 0.29) is 30.1 Å². The Hall–Kier alpha value is -3.29. The van der Waals surface area contributed by atoms with Gasteiger partial charge in [0.2, 0.25) is 0 Å². The smallest absolute Gasteiger partial charge is 0.345 e. The van der Waals surface area contributed by atoms with Gasteiger partial charge in [0.25, 0.3) is 10.1 Å². The number of fused-ring (bicyclic) bond motifs is 4. The Morgan fingerprint density at radius 3 is 2.42 bits per heavy atom. The van der Waals surface area contributed by atoms with Crippen molar-refractivity contribution in [3.8, 4) is 17.1 Å². The molecule has 2 aliphatic carbocycles. The van der Waals surface area contributed by atoms with Crippen LogP contribution in [0.5, 0.6) is 5.75 Å². The number of hydrogen-bond donors (Lipinski definition) is 1. The second-order valence-corrected chi connectivity index (χ2v) is 14.3. The summed E-state index contributed by atoms with van der Waals surface area (Å²) in [4.78, 5) is 42.1. The zero-order valence-corrected chi connectivity index (χ0v) is 25.8. The van der Waals surface area contributed by atoms with Crippen LogP contribution in [0.4, 0.5) is 0 Å². The van der Waals surface area contributed by atoms with E-state index < -0.39 is 74.3 Å². The van der Waals surface area contributed by atoms with Gasteiger partial charge in [0.05, 0.1) is 19.0 Å². The molecule has 2 aromatic rings. The van der Waals surface area contributed by atoms with E-state index in [2.05, 4.69) is 4.98 Å². The average Bonchev–Trinajstić information content (AvgIpc) is 2.90. The fourth-order valence-electron chi connectivity index (χ4n) is 8.01. The van der Waals surface area contributed by atoms with Gasteiger partial charge in [-0.1, -0.05) is 13.8 Å². The van der Waals surface area contributed by atoms with Gasteiger partial charge in [-0.25, -0.2) is 4.79 Å². The summed E-state index contributed by atoms with van der Waals surface area (Å²) in [6, 6.07) is 4.94. The second kappa shape index (κ2) is 10.7. The quantitative estimate of drug-likeness (QED) is 0.371. The Morgan fingerprint density at radius 1 is 1.14 bits per heavy atom. The van der Waals surface area contributed by atoms with E-state index in [1.807, 2.05) is 6.92 Å². The van der Waals surface area contributed by atoms with E-state index in [4.69, 9.17) is 22.8 Å². The lowest BCUT2D eigenvalue weighted by atomic mass is 9.42. The zero-order valence-electron chi connectivity index (χ0n) is 25.0. The molecule has 3 unspecified atom stereocenters. The molecule has 0 bridgehead atoms. The molecular formula is C30H37NO11S. The Morgan fingerprint density at radius 2 is 1.81 bits per heavy atom. The molecule has 13 heteroatoms. The van der Waals surface area contributed by atoms with Gasteiger partial charge < -0.3 is 23.7 Å². The van der Waals surface area contributed by atoms with E-state index in [1.54, 1.807) is 32.2 Å². The molecule has 2 saturated carbocycles. The van der Waals surface area contributed by atoms with Crippen molar-refractivity contribution in [2.45, 2.75) is 77.8 Å². The molecule has 1 aliphatic heterocycles. The number of esters is 2. The normalized spacial score (nSPS) is 35.0. The summed E-state index contributed by atoms with van der Waals surface area (Å²) in [6.45, 7) is 7.70. The van der Waals surface area contributed by atoms with Crippen LogP contribution in [0.1, 0.15) is 65.5 Å². The molecule has 12 nitrogen and oxygen atoms in total. The van der Waals surface area contributed by atoms with Crippen LogP contribution >= 0.6 is 0 Å². The molecule has 8 atom stereocenters. The van der Waals surface area contributed by atoms with Crippen LogP contribution in [0.2, 0.25) is 0 Å². The predicted octanol–water partition coefficient (Wildman–Crippen LogP) is 3.17. The van der Waals surface area contributed by atoms with Crippen molar-refractivity contribution in [3.63, 3.8) is 0 Å². The highest BCUT2D eigenvalue weighted by atomic mass is 32.2. The van der Waals surface area contributed by atoms with Crippen LogP contribution in [0.15, 0.2) is 39.8 Å². The van der Waals surface area contributed by atoms with E-state index in [0.29, 0.717) is 18.4 Å². The number of nitrogens with zero attached hydrogens (tertiary/aromatic N) is 1. The Kier molecular flexibility index (Phi) is 7.75. The van der Waals surface area contributed by atoms with Gasteiger partial charge in [-0.05, 0) is 49.7 Å². The van der Waals surface area contributed by atoms with Crippen molar-refractivity contribution >= 4 is 22.1 Å². The number of aliphatic hydroxyl groups excluding tert-OH is 1. The monoisotopic (exact) mass is 619 g/mol. The maximum absolute atomic E-state index is 13.4. The number of aromatic nitrogens is 1. The van der Waals surface area contributed by atoms with Crippen molar-refractivity contribution in [2.75, 3.05) is 12.9 Å². The lowest BCUT2D eigenvalue weighted by molar-refractivity contribution is -0.269. The molecule has 43 heavy (non-hydrogen) atoms. The predicted molar refractivity (Wildman–Crippen MR) is 151 cm³/mol. The molecule has 1 N–H and O–H groups in total. The first-order valence-corrected chi connectivity index (χ1v) is 16.0.